The Labute approximate surface area is 128 Å². The third-order valence-corrected chi connectivity index (χ3v) is 3.79. The number of para-hydroxylation sites is 1. The smallest absolute Gasteiger partial charge is 0.144 e. The topological polar surface area (TPSA) is 57.9 Å². The molecule has 0 amide bonds. The average Bonchev–Trinajstić information content (AvgIpc) is 2.72. The molecule has 1 atom stereocenters. The first-order chi connectivity index (χ1) is 10.3. The number of benzene rings is 1. The van der Waals surface area contributed by atoms with Crippen molar-refractivity contribution in [3.05, 3.63) is 52.7 Å². The monoisotopic (exact) mass is 299 g/mol. The predicted octanol–water partition coefficient (Wildman–Crippen LogP) is 3.93. The largest absolute Gasteiger partial charge is 0.492 e. The van der Waals surface area contributed by atoms with Crippen LogP contribution < -0.4 is 10.1 Å². The minimum absolute atomic E-state index is 0.0307. The molecule has 0 fully saturated rings. The summed E-state index contributed by atoms with van der Waals surface area (Å²) < 4.78 is 5.75. The second kappa shape index (κ2) is 6.02. The zero-order valence-corrected chi connectivity index (χ0v) is 12.1. The molecule has 0 radical (unpaired) electrons. The molecule has 21 heavy (non-hydrogen) atoms. The molecule has 0 aliphatic carbocycles. The quantitative estimate of drug-likeness (QED) is 0.912. The summed E-state index contributed by atoms with van der Waals surface area (Å²) in [4.78, 5) is 4.26. The number of fused-ring (bicyclic) bond motifs is 1. The highest BCUT2D eigenvalue weighted by atomic mass is 35.5. The zero-order chi connectivity index (χ0) is 14.7. The first kappa shape index (κ1) is 13.7. The number of halogens is 1. The van der Waals surface area contributed by atoms with E-state index < -0.39 is 0 Å². The Balaban J connectivity index is 1.97. The molecule has 1 aromatic carbocycles. The minimum Gasteiger partial charge on any atom is -0.492 e. The lowest BCUT2D eigenvalue weighted by atomic mass is 10.0. The van der Waals surface area contributed by atoms with Crippen LogP contribution in [0, 0.1) is 11.3 Å². The van der Waals surface area contributed by atoms with E-state index in [1.165, 1.54) is 0 Å². The summed E-state index contributed by atoms with van der Waals surface area (Å²) >= 11 is 6.22. The van der Waals surface area contributed by atoms with E-state index in [0.29, 0.717) is 23.0 Å². The van der Waals surface area contributed by atoms with E-state index in [4.69, 9.17) is 21.6 Å². The molecule has 0 spiro atoms. The second-order valence-electron chi connectivity index (χ2n) is 4.86. The lowest BCUT2D eigenvalue weighted by molar-refractivity contribution is 0.316. The molecule has 1 aromatic heterocycles. The van der Waals surface area contributed by atoms with Crippen LogP contribution in [0.15, 0.2) is 36.5 Å². The summed E-state index contributed by atoms with van der Waals surface area (Å²) in [6.45, 7) is 0.641. The van der Waals surface area contributed by atoms with Gasteiger partial charge in [-0.05, 0) is 31.0 Å². The van der Waals surface area contributed by atoms with Crippen LogP contribution in [0.25, 0.3) is 0 Å². The molecule has 2 aromatic rings. The number of rotatable bonds is 2. The maximum atomic E-state index is 9.17. The van der Waals surface area contributed by atoms with Gasteiger partial charge in [-0.3, -0.25) is 0 Å². The standard InChI is InChI=1S/C16H14ClN3O/c17-13-6-1-5-12-14(7-3-9-21-15(12)13)20-16-11(10-18)4-2-8-19-16/h1-2,4-6,8,14H,3,7,9H2,(H,19,20). The number of nitrogens with zero attached hydrogens (tertiary/aromatic N) is 2. The second-order valence-corrected chi connectivity index (χ2v) is 5.26. The van der Waals surface area contributed by atoms with Crippen molar-refractivity contribution in [1.29, 1.82) is 5.26 Å². The van der Waals surface area contributed by atoms with Gasteiger partial charge in [-0.1, -0.05) is 23.7 Å². The number of ether oxygens (including phenoxy) is 1. The van der Waals surface area contributed by atoms with Crippen molar-refractivity contribution in [3.8, 4) is 11.8 Å². The van der Waals surface area contributed by atoms with Crippen molar-refractivity contribution < 1.29 is 4.74 Å². The highest BCUT2D eigenvalue weighted by Gasteiger charge is 2.22. The van der Waals surface area contributed by atoms with Crippen LogP contribution in [-0.2, 0) is 0 Å². The van der Waals surface area contributed by atoms with Gasteiger partial charge in [-0.15, -0.1) is 0 Å². The number of aromatic nitrogens is 1. The summed E-state index contributed by atoms with van der Waals surface area (Å²) in [6, 6.07) is 11.4. The van der Waals surface area contributed by atoms with E-state index >= 15 is 0 Å². The summed E-state index contributed by atoms with van der Waals surface area (Å²) in [7, 11) is 0. The van der Waals surface area contributed by atoms with Crippen molar-refractivity contribution in [2.75, 3.05) is 11.9 Å². The third kappa shape index (κ3) is 2.79. The van der Waals surface area contributed by atoms with Gasteiger partial charge in [-0.2, -0.15) is 5.26 Å². The number of pyridine rings is 1. The maximum absolute atomic E-state index is 9.17. The Bertz CT molecular complexity index is 696. The summed E-state index contributed by atoms with van der Waals surface area (Å²) in [5.74, 6) is 1.32. The van der Waals surface area contributed by atoms with E-state index in [1.807, 2.05) is 18.2 Å². The van der Waals surface area contributed by atoms with Gasteiger partial charge in [0.2, 0.25) is 0 Å². The maximum Gasteiger partial charge on any atom is 0.144 e. The van der Waals surface area contributed by atoms with Gasteiger partial charge in [0, 0.05) is 11.8 Å². The van der Waals surface area contributed by atoms with Crippen LogP contribution in [0.1, 0.15) is 30.0 Å². The Kier molecular flexibility index (Phi) is 3.94. The molecule has 5 heteroatoms. The van der Waals surface area contributed by atoms with Crippen LogP contribution >= 0.6 is 11.6 Å². The number of nitrogens with one attached hydrogen (secondary N) is 1. The Hall–Kier alpha value is -2.25. The average molecular weight is 300 g/mol. The Morgan fingerprint density at radius 3 is 3.10 bits per heavy atom. The molecular formula is C16H14ClN3O. The number of hydrogen-bond acceptors (Lipinski definition) is 4. The molecule has 0 saturated heterocycles. The van der Waals surface area contributed by atoms with E-state index in [9.17, 15) is 0 Å². The van der Waals surface area contributed by atoms with Crippen LogP contribution in [0.4, 0.5) is 5.82 Å². The van der Waals surface area contributed by atoms with E-state index in [-0.39, 0.29) is 6.04 Å². The van der Waals surface area contributed by atoms with Crippen LogP contribution in [0.5, 0.6) is 5.75 Å². The molecule has 106 valence electrons. The summed E-state index contributed by atoms with van der Waals surface area (Å²) in [5, 5.41) is 13.1. The molecule has 0 bridgehead atoms. The lowest BCUT2D eigenvalue weighted by Gasteiger charge is -2.20. The van der Waals surface area contributed by atoms with Gasteiger partial charge < -0.3 is 10.1 Å². The minimum atomic E-state index is 0.0307. The Morgan fingerprint density at radius 2 is 2.24 bits per heavy atom. The SMILES string of the molecule is N#Cc1cccnc1NC1CCCOc2c(Cl)cccc21. The van der Waals surface area contributed by atoms with Crippen LogP contribution in [0.2, 0.25) is 5.02 Å². The molecule has 1 N–H and O–H groups in total. The zero-order valence-electron chi connectivity index (χ0n) is 11.3. The van der Waals surface area contributed by atoms with Crippen molar-refractivity contribution in [2.24, 2.45) is 0 Å². The van der Waals surface area contributed by atoms with Crippen molar-refractivity contribution >= 4 is 17.4 Å². The van der Waals surface area contributed by atoms with Gasteiger partial charge in [0.25, 0.3) is 0 Å². The molecule has 3 rings (SSSR count). The molecule has 1 aliphatic rings. The van der Waals surface area contributed by atoms with Gasteiger partial charge in [-0.25, -0.2) is 4.98 Å². The fraction of sp³-hybridized carbons (Fsp3) is 0.250. The van der Waals surface area contributed by atoms with Crippen LogP contribution in [0.3, 0.4) is 0 Å². The number of anilines is 1. The third-order valence-electron chi connectivity index (χ3n) is 3.50. The summed E-state index contributed by atoms with van der Waals surface area (Å²) in [5.41, 5.74) is 1.54. The van der Waals surface area contributed by atoms with Crippen LogP contribution in [-0.4, -0.2) is 11.6 Å². The van der Waals surface area contributed by atoms with Crippen molar-refractivity contribution in [2.45, 2.75) is 18.9 Å². The fourth-order valence-electron chi connectivity index (χ4n) is 2.49. The van der Waals surface area contributed by atoms with Gasteiger partial charge in [0.15, 0.2) is 0 Å². The van der Waals surface area contributed by atoms with Gasteiger partial charge in [0.05, 0.1) is 23.2 Å². The van der Waals surface area contributed by atoms with E-state index in [1.54, 1.807) is 18.3 Å². The molecular weight excluding hydrogens is 286 g/mol. The number of hydrogen-bond donors (Lipinski definition) is 1. The normalized spacial score (nSPS) is 17.0. The molecule has 4 nitrogen and oxygen atoms in total. The first-order valence-electron chi connectivity index (χ1n) is 6.82. The van der Waals surface area contributed by atoms with E-state index in [0.717, 1.165) is 24.2 Å². The molecule has 1 aliphatic heterocycles. The molecule has 0 saturated carbocycles. The highest BCUT2D eigenvalue weighted by molar-refractivity contribution is 6.32. The molecule has 2 heterocycles. The van der Waals surface area contributed by atoms with Gasteiger partial charge in [0.1, 0.15) is 17.6 Å². The lowest BCUT2D eigenvalue weighted by Crippen LogP contribution is -2.12. The predicted molar refractivity (Wildman–Crippen MR) is 81.5 cm³/mol. The first-order valence-corrected chi connectivity index (χ1v) is 7.20. The summed E-state index contributed by atoms with van der Waals surface area (Å²) in [6.07, 6.45) is 3.49. The number of nitriles is 1. The fourth-order valence-corrected chi connectivity index (χ4v) is 2.73. The highest BCUT2D eigenvalue weighted by Crippen LogP contribution is 2.38. The van der Waals surface area contributed by atoms with Crippen molar-refractivity contribution in [3.63, 3.8) is 0 Å². The van der Waals surface area contributed by atoms with Gasteiger partial charge >= 0.3 is 0 Å². The van der Waals surface area contributed by atoms with Crippen molar-refractivity contribution in [1.82, 2.24) is 4.98 Å². The van der Waals surface area contributed by atoms with E-state index in [2.05, 4.69) is 16.4 Å². The Morgan fingerprint density at radius 1 is 1.33 bits per heavy atom. The molecule has 1 unspecified atom stereocenters.